The van der Waals surface area contributed by atoms with Gasteiger partial charge in [0.1, 0.15) is 28.9 Å². The highest BCUT2D eigenvalue weighted by Gasteiger charge is 2.59. The van der Waals surface area contributed by atoms with Crippen molar-refractivity contribution in [2.45, 2.75) is 24.2 Å². The quantitative estimate of drug-likeness (QED) is 0.570. The molecule has 1 saturated carbocycles. The Kier molecular flexibility index (Phi) is 5.08. The van der Waals surface area contributed by atoms with Gasteiger partial charge >= 0.3 is 0 Å². The van der Waals surface area contributed by atoms with E-state index in [4.69, 9.17) is 9.47 Å². The summed E-state index contributed by atoms with van der Waals surface area (Å²) in [5, 5.41) is 2.84. The third-order valence-electron chi connectivity index (χ3n) is 6.61. The topological polar surface area (TPSA) is 47.6 Å². The number of rotatable bonds is 6. The molecular weight excluding hydrogens is 412 g/mol. The van der Waals surface area contributed by atoms with Crippen LogP contribution in [0, 0.1) is 17.6 Å². The summed E-state index contributed by atoms with van der Waals surface area (Å²) in [5.41, 5.74) is 0.421. The van der Waals surface area contributed by atoms with Gasteiger partial charge in [0.2, 0.25) is 5.91 Å². The van der Waals surface area contributed by atoms with Gasteiger partial charge < -0.3 is 14.8 Å². The molecule has 0 spiro atoms. The molecule has 0 unspecified atom stereocenters. The first-order valence-electron chi connectivity index (χ1n) is 10.7. The Bertz CT molecular complexity index is 1140. The average Bonchev–Trinajstić information content (AvgIpc) is 3.51. The van der Waals surface area contributed by atoms with E-state index < -0.39 is 28.9 Å². The summed E-state index contributed by atoms with van der Waals surface area (Å²) in [7, 11) is 1.36. The molecule has 1 heterocycles. The van der Waals surface area contributed by atoms with E-state index in [-0.39, 0.29) is 23.8 Å². The van der Waals surface area contributed by atoms with Gasteiger partial charge in [-0.05, 0) is 42.7 Å². The maximum absolute atomic E-state index is 14.9. The Morgan fingerprint density at radius 1 is 0.906 bits per heavy atom. The molecule has 1 N–H and O–H groups in total. The van der Waals surface area contributed by atoms with Crippen molar-refractivity contribution in [3.63, 3.8) is 0 Å². The fourth-order valence-electron chi connectivity index (χ4n) is 4.97. The lowest BCUT2D eigenvalue weighted by atomic mass is 9.73. The van der Waals surface area contributed by atoms with Crippen molar-refractivity contribution in [3.05, 3.63) is 89.5 Å². The third-order valence-corrected chi connectivity index (χ3v) is 6.61. The summed E-state index contributed by atoms with van der Waals surface area (Å²) >= 11 is 0. The minimum Gasteiger partial charge on any atom is -0.497 e. The normalized spacial score (nSPS) is 21.2. The first-order chi connectivity index (χ1) is 15.5. The van der Waals surface area contributed by atoms with Gasteiger partial charge in [-0.3, -0.25) is 4.79 Å². The maximum Gasteiger partial charge on any atom is 0.224 e. The monoisotopic (exact) mass is 435 g/mol. The van der Waals surface area contributed by atoms with Crippen LogP contribution in [0.15, 0.2) is 66.7 Å². The molecule has 3 aromatic rings. The van der Waals surface area contributed by atoms with Crippen LogP contribution < -0.4 is 14.8 Å². The predicted octanol–water partition coefficient (Wildman–Crippen LogP) is 5.33. The van der Waals surface area contributed by atoms with Crippen molar-refractivity contribution in [1.82, 2.24) is 5.32 Å². The molecule has 1 amide bonds. The van der Waals surface area contributed by atoms with Crippen LogP contribution in [0.5, 0.6) is 17.2 Å². The van der Waals surface area contributed by atoms with E-state index in [1.807, 2.05) is 54.6 Å². The van der Waals surface area contributed by atoms with Gasteiger partial charge in [0.05, 0.1) is 13.0 Å². The van der Waals surface area contributed by atoms with Gasteiger partial charge in [0, 0.05) is 35.6 Å². The van der Waals surface area contributed by atoms with E-state index in [1.165, 1.54) is 19.2 Å². The van der Waals surface area contributed by atoms with Gasteiger partial charge in [0.15, 0.2) is 0 Å². The molecule has 32 heavy (non-hydrogen) atoms. The number of nitrogens with one attached hydrogen (secondary N) is 1. The number of carbonyl (C=O) groups is 1. The zero-order valence-corrected chi connectivity index (χ0v) is 17.6. The summed E-state index contributed by atoms with van der Waals surface area (Å²) in [4.78, 5) is 12.9. The molecule has 4 nitrogen and oxygen atoms in total. The Labute approximate surface area is 185 Å². The van der Waals surface area contributed by atoms with Crippen LogP contribution in [0.2, 0.25) is 0 Å². The lowest BCUT2D eigenvalue weighted by molar-refractivity contribution is -0.123. The van der Waals surface area contributed by atoms with E-state index in [0.29, 0.717) is 11.5 Å². The number of hydrogen-bond donors (Lipinski definition) is 1. The minimum atomic E-state index is -0.690. The molecule has 2 fully saturated rings. The van der Waals surface area contributed by atoms with Crippen LogP contribution in [0.4, 0.5) is 8.78 Å². The molecule has 1 saturated heterocycles. The SMILES string of the molecule is COc1cc(F)c([C@@H]2CNC(=O)[C@@H]2C2(c3cccc(Oc4ccccc4)c3)CC2)c(F)c1. The highest BCUT2D eigenvalue weighted by Crippen LogP contribution is 2.59. The molecular formula is C26H23F2NO3. The Balaban J connectivity index is 1.50. The molecule has 0 radical (unpaired) electrons. The lowest BCUT2D eigenvalue weighted by Crippen LogP contribution is -2.31. The van der Waals surface area contributed by atoms with E-state index in [2.05, 4.69) is 5.32 Å². The number of halogens is 2. The zero-order chi connectivity index (χ0) is 22.3. The maximum atomic E-state index is 14.9. The summed E-state index contributed by atoms with van der Waals surface area (Å²) in [5.74, 6) is -1.22. The van der Waals surface area contributed by atoms with Crippen molar-refractivity contribution in [2.75, 3.05) is 13.7 Å². The number of methoxy groups -OCH3 is 1. The Morgan fingerprint density at radius 2 is 1.59 bits per heavy atom. The molecule has 3 aromatic carbocycles. The van der Waals surface area contributed by atoms with E-state index in [9.17, 15) is 13.6 Å². The smallest absolute Gasteiger partial charge is 0.224 e. The Morgan fingerprint density at radius 3 is 2.25 bits per heavy atom. The van der Waals surface area contributed by atoms with Crippen LogP contribution >= 0.6 is 0 Å². The molecule has 6 heteroatoms. The van der Waals surface area contributed by atoms with Gasteiger partial charge in [-0.25, -0.2) is 8.78 Å². The second kappa shape index (κ2) is 7.93. The summed E-state index contributed by atoms with van der Waals surface area (Å²) in [6, 6.07) is 19.4. The highest BCUT2D eigenvalue weighted by molar-refractivity contribution is 5.85. The van der Waals surface area contributed by atoms with Crippen molar-refractivity contribution >= 4 is 5.91 Å². The third kappa shape index (κ3) is 3.49. The minimum absolute atomic E-state index is 0.0582. The Hall–Kier alpha value is -3.41. The van der Waals surface area contributed by atoms with Crippen molar-refractivity contribution in [1.29, 1.82) is 0 Å². The number of carbonyl (C=O) groups excluding carboxylic acids is 1. The van der Waals surface area contributed by atoms with Gasteiger partial charge in [-0.15, -0.1) is 0 Å². The van der Waals surface area contributed by atoms with Crippen LogP contribution in [-0.2, 0) is 10.2 Å². The first-order valence-corrected chi connectivity index (χ1v) is 10.7. The largest absolute Gasteiger partial charge is 0.497 e. The van der Waals surface area contributed by atoms with E-state index in [1.54, 1.807) is 0 Å². The number of benzene rings is 3. The molecule has 1 aliphatic carbocycles. The number of amides is 1. The van der Waals surface area contributed by atoms with E-state index >= 15 is 0 Å². The van der Waals surface area contributed by atoms with Crippen LogP contribution in [0.25, 0.3) is 0 Å². The molecule has 0 aromatic heterocycles. The summed E-state index contributed by atoms with van der Waals surface area (Å²) in [6.07, 6.45) is 1.55. The fourth-order valence-corrected chi connectivity index (χ4v) is 4.97. The van der Waals surface area contributed by atoms with E-state index in [0.717, 1.165) is 18.4 Å². The number of ether oxygens (including phenoxy) is 2. The summed E-state index contributed by atoms with van der Waals surface area (Å²) < 4.78 is 40.7. The van der Waals surface area contributed by atoms with Crippen LogP contribution in [0.1, 0.15) is 29.9 Å². The lowest BCUT2D eigenvalue weighted by Gasteiger charge is -2.28. The fraction of sp³-hybridized carbons (Fsp3) is 0.269. The standard InChI is InChI=1S/C26H23F2NO3/c1-31-19-13-21(27)23(22(28)14-19)20-15-29-25(30)24(20)26(10-11-26)16-6-5-9-18(12-16)32-17-7-3-2-4-8-17/h2-9,12-14,20,24H,10-11,15H2,1H3,(H,29,30)/t20-,24+/m0/s1. The molecule has 164 valence electrons. The molecule has 5 rings (SSSR count). The second-order valence-corrected chi connectivity index (χ2v) is 8.43. The molecule has 2 atom stereocenters. The predicted molar refractivity (Wildman–Crippen MR) is 116 cm³/mol. The average molecular weight is 435 g/mol. The van der Waals surface area contributed by atoms with Crippen molar-refractivity contribution < 1.29 is 23.0 Å². The van der Waals surface area contributed by atoms with Gasteiger partial charge in [-0.2, -0.15) is 0 Å². The molecule has 0 bridgehead atoms. The molecule has 1 aliphatic heterocycles. The second-order valence-electron chi connectivity index (χ2n) is 8.43. The molecule has 2 aliphatic rings. The van der Waals surface area contributed by atoms with Crippen LogP contribution in [0.3, 0.4) is 0 Å². The first kappa shape index (κ1) is 20.5. The van der Waals surface area contributed by atoms with Crippen molar-refractivity contribution in [3.8, 4) is 17.2 Å². The van der Waals surface area contributed by atoms with Gasteiger partial charge in [-0.1, -0.05) is 30.3 Å². The highest BCUT2D eigenvalue weighted by atomic mass is 19.1. The summed E-state index contributed by atoms with van der Waals surface area (Å²) in [6.45, 7) is 0.200. The van der Waals surface area contributed by atoms with Gasteiger partial charge in [0.25, 0.3) is 0 Å². The van der Waals surface area contributed by atoms with Crippen LogP contribution in [-0.4, -0.2) is 19.6 Å². The van der Waals surface area contributed by atoms with Crippen molar-refractivity contribution in [2.24, 2.45) is 5.92 Å². The number of hydrogen-bond acceptors (Lipinski definition) is 3. The number of para-hydroxylation sites is 1. The zero-order valence-electron chi connectivity index (χ0n) is 17.6.